The van der Waals surface area contributed by atoms with Crippen LogP contribution < -0.4 is 15.4 Å². The molecule has 0 aliphatic rings. The topological polar surface area (TPSA) is 72.0 Å². The fourth-order valence-electron chi connectivity index (χ4n) is 2.21. The van der Waals surface area contributed by atoms with Crippen molar-refractivity contribution in [2.24, 2.45) is 0 Å². The number of rotatable bonds is 6. The predicted octanol–water partition coefficient (Wildman–Crippen LogP) is 5.45. The smallest absolute Gasteiger partial charge is 0.249 e. The zero-order chi connectivity index (χ0) is 18.5. The summed E-state index contributed by atoms with van der Waals surface area (Å²) < 4.78 is 5.63. The summed E-state index contributed by atoms with van der Waals surface area (Å²) in [5.41, 5.74) is 1.54. The number of aromatic nitrogens is 3. The van der Waals surface area contributed by atoms with E-state index in [1.54, 1.807) is 18.2 Å². The molecule has 0 amide bonds. The molecular formula is C18H17Cl2N5O. The van der Waals surface area contributed by atoms with Crippen LogP contribution in [0.25, 0.3) is 0 Å². The molecule has 2 N–H and O–H groups in total. The van der Waals surface area contributed by atoms with E-state index in [0.717, 1.165) is 11.4 Å². The standard InChI is InChI=1S/C18H17Cl2N5O/c1-11(2)26-16-5-3-14(4-6-16)22-17-10-21-25-18(24-17)23-15-8-12(19)7-13(20)9-15/h3-11H,1-2H3,(H2,22,23,24,25). The Labute approximate surface area is 161 Å². The van der Waals surface area contributed by atoms with E-state index in [-0.39, 0.29) is 6.10 Å². The van der Waals surface area contributed by atoms with Crippen molar-refractivity contribution >= 4 is 46.3 Å². The molecule has 0 aliphatic heterocycles. The lowest BCUT2D eigenvalue weighted by atomic mass is 10.3. The predicted molar refractivity (Wildman–Crippen MR) is 105 cm³/mol. The molecule has 0 spiro atoms. The molecule has 8 heteroatoms. The minimum Gasteiger partial charge on any atom is -0.491 e. The van der Waals surface area contributed by atoms with Gasteiger partial charge >= 0.3 is 0 Å². The van der Waals surface area contributed by atoms with Crippen molar-refractivity contribution in [3.8, 4) is 5.75 Å². The molecule has 1 heterocycles. The van der Waals surface area contributed by atoms with Gasteiger partial charge in [-0.15, -0.1) is 5.10 Å². The molecule has 0 unspecified atom stereocenters. The first-order chi connectivity index (χ1) is 12.5. The van der Waals surface area contributed by atoms with Crippen molar-refractivity contribution in [3.05, 3.63) is 58.7 Å². The van der Waals surface area contributed by atoms with E-state index < -0.39 is 0 Å². The van der Waals surface area contributed by atoms with Crippen molar-refractivity contribution < 1.29 is 4.74 Å². The molecule has 134 valence electrons. The molecule has 0 saturated heterocycles. The van der Waals surface area contributed by atoms with Crippen LogP contribution in [0.2, 0.25) is 10.0 Å². The van der Waals surface area contributed by atoms with Gasteiger partial charge in [0.2, 0.25) is 5.95 Å². The van der Waals surface area contributed by atoms with Crippen LogP contribution in [0.15, 0.2) is 48.7 Å². The van der Waals surface area contributed by atoms with Crippen molar-refractivity contribution in [2.75, 3.05) is 10.6 Å². The fraction of sp³-hybridized carbons (Fsp3) is 0.167. The first kappa shape index (κ1) is 18.2. The van der Waals surface area contributed by atoms with Crippen LogP contribution in [-0.2, 0) is 0 Å². The van der Waals surface area contributed by atoms with Crippen LogP contribution in [0.5, 0.6) is 5.75 Å². The van der Waals surface area contributed by atoms with Crippen LogP contribution in [-0.4, -0.2) is 21.3 Å². The minimum atomic E-state index is 0.133. The molecule has 0 aliphatic carbocycles. The zero-order valence-corrected chi connectivity index (χ0v) is 15.7. The number of nitrogens with one attached hydrogen (secondary N) is 2. The zero-order valence-electron chi connectivity index (χ0n) is 14.2. The lowest BCUT2D eigenvalue weighted by molar-refractivity contribution is 0.242. The molecular weight excluding hydrogens is 373 g/mol. The first-order valence-corrected chi connectivity index (χ1v) is 8.70. The Balaban J connectivity index is 1.71. The third-order valence-electron chi connectivity index (χ3n) is 3.18. The largest absolute Gasteiger partial charge is 0.491 e. The number of ether oxygens (including phenoxy) is 1. The normalized spacial score (nSPS) is 10.7. The van der Waals surface area contributed by atoms with E-state index >= 15 is 0 Å². The SMILES string of the molecule is CC(C)Oc1ccc(Nc2cnnc(Nc3cc(Cl)cc(Cl)c3)n2)cc1. The van der Waals surface area contributed by atoms with E-state index in [2.05, 4.69) is 25.8 Å². The lowest BCUT2D eigenvalue weighted by Gasteiger charge is -2.11. The quantitative estimate of drug-likeness (QED) is 0.583. The van der Waals surface area contributed by atoms with E-state index in [4.69, 9.17) is 27.9 Å². The van der Waals surface area contributed by atoms with Gasteiger partial charge in [-0.25, -0.2) is 0 Å². The summed E-state index contributed by atoms with van der Waals surface area (Å²) in [5, 5.41) is 15.2. The highest BCUT2D eigenvalue weighted by atomic mass is 35.5. The molecule has 0 atom stereocenters. The van der Waals surface area contributed by atoms with Crippen LogP contribution >= 0.6 is 23.2 Å². The Kier molecular flexibility index (Phi) is 5.75. The summed E-state index contributed by atoms with van der Waals surface area (Å²) in [4.78, 5) is 4.38. The van der Waals surface area contributed by atoms with E-state index in [0.29, 0.717) is 27.5 Å². The van der Waals surface area contributed by atoms with Crippen molar-refractivity contribution in [1.82, 2.24) is 15.2 Å². The van der Waals surface area contributed by atoms with Crippen LogP contribution in [0.4, 0.5) is 23.1 Å². The van der Waals surface area contributed by atoms with Gasteiger partial charge in [0.05, 0.1) is 12.3 Å². The molecule has 0 saturated carbocycles. The van der Waals surface area contributed by atoms with E-state index in [1.165, 1.54) is 6.20 Å². The Morgan fingerprint density at radius 2 is 1.62 bits per heavy atom. The minimum absolute atomic E-state index is 0.133. The molecule has 6 nitrogen and oxygen atoms in total. The maximum atomic E-state index is 6.00. The van der Waals surface area contributed by atoms with Gasteiger partial charge in [-0.1, -0.05) is 23.2 Å². The number of anilines is 4. The van der Waals surface area contributed by atoms with E-state index in [1.807, 2.05) is 38.1 Å². The molecule has 3 rings (SSSR count). The Hall–Kier alpha value is -2.57. The van der Waals surface area contributed by atoms with Gasteiger partial charge in [-0.05, 0) is 56.3 Å². The molecule has 26 heavy (non-hydrogen) atoms. The third-order valence-corrected chi connectivity index (χ3v) is 3.61. The highest BCUT2D eigenvalue weighted by Gasteiger charge is 2.05. The highest BCUT2D eigenvalue weighted by Crippen LogP contribution is 2.25. The second kappa shape index (κ2) is 8.21. The van der Waals surface area contributed by atoms with Gasteiger partial charge in [0.1, 0.15) is 5.75 Å². The van der Waals surface area contributed by atoms with Gasteiger partial charge in [0.15, 0.2) is 5.82 Å². The first-order valence-electron chi connectivity index (χ1n) is 7.94. The summed E-state index contributed by atoms with van der Waals surface area (Å²) in [6, 6.07) is 12.7. The lowest BCUT2D eigenvalue weighted by Crippen LogP contribution is -2.05. The summed E-state index contributed by atoms with van der Waals surface area (Å²) in [6.45, 7) is 3.97. The number of halogens is 2. The Morgan fingerprint density at radius 3 is 2.27 bits per heavy atom. The molecule has 0 bridgehead atoms. The molecule has 2 aromatic carbocycles. The van der Waals surface area contributed by atoms with Gasteiger partial charge < -0.3 is 15.4 Å². The number of hydrogen-bond acceptors (Lipinski definition) is 6. The second-order valence-electron chi connectivity index (χ2n) is 5.76. The molecule has 0 radical (unpaired) electrons. The third kappa shape index (κ3) is 5.21. The average Bonchev–Trinajstić information content (AvgIpc) is 2.55. The number of benzene rings is 2. The summed E-state index contributed by atoms with van der Waals surface area (Å²) in [7, 11) is 0. The summed E-state index contributed by atoms with van der Waals surface area (Å²) in [6.07, 6.45) is 1.67. The fourth-order valence-corrected chi connectivity index (χ4v) is 2.73. The maximum Gasteiger partial charge on any atom is 0.249 e. The van der Waals surface area contributed by atoms with Gasteiger partial charge in [-0.2, -0.15) is 10.1 Å². The van der Waals surface area contributed by atoms with Gasteiger partial charge in [-0.3, -0.25) is 0 Å². The number of nitrogens with zero attached hydrogens (tertiary/aromatic N) is 3. The average molecular weight is 390 g/mol. The highest BCUT2D eigenvalue weighted by molar-refractivity contribution is 6.35. The van der Waals surface area contributed by atoms with Crippen LogP contribution in [0.1, 0.15) is 13.8 Å². The number of hydrogen-bond donors (Lipinski definition) is 2. The molecule has 1 aromatic heterocycles. The van der Waals surface area contributed by atoms with Gasteiger partial charge in [0.25, 0.3) is 0 Å². The monoisotopic (exact) mass is 389 g/mol. The van der Waals surface area contributed by atoms with Crippen LogP contribution in [0.3, 0.4) is 0 Å². The summed E-state index contributed by atoms with van der Waals surface area (Å²) >= 11 is 12.0. The Morgan fingerprint density at radius 1 is 0.923 bits per heavy atom. The van der Waals surface area contributed by atoms with E-state index in [9.17, 15) is 0 Å². The van der Waals surface area contributed by atoms with Crippen molar-refractivity contribution in [2.45, 2.75) is 20.0 Å². The molecule has 0 fully saturated rings. The Bertz CT molecular complexity index is 867. The second-order valence-corrected chi connectivity index (χ2v) is 6.64. The van der Waals surface area contributed by atoms with Crippen molar-refractivity contribution in [3.63, 3.8) is 0 Å². The van der Waals surface area contributed by atoms with Gasteiger partial charge in [0, 0.05) is 21.4 Å². The molecule has 3 aromatic rings. The summed E-state index contributed by atoms with van der Waals surface area (Å²) in [5.74, 6) is 1.69. The van der Waals surface area contributed by atoms with Crippen molar-refractivity contribution in [1.29, 1.82) is 0 Å². The van der Waals surface area contributed by atoms with Crippen LogP contribution in [0, 0.1) is 0 Å². The maximum absolute atomic E-state index is 6.00.